The molecule has 0 amide bonds. The molecule has 0 spiro atoms. The number of hydrogen-bond donors (Lipinski definition) is 2. The maximum absolute atomic E-state index is 13.6. The van der Waals surface area contributed by atoms with Crippen LogP contribution in [0.15, 0.2) is 24.3 Å². The molecule has 0 fully saturated rings. The molecule has 0 radical (unpaired) electrons. The van der Waals surface area contributed by atoms with Gasteiger partial charge in [0.25, 0.3) is 0 Å². The van der Waals surface area contributed by atoms with E-state index >= 15 is 0 Å². The first kappa shape index (κ1) is 13.6. The Labute approximate surface area is 99.9 Å². The highest BCUT2D eigenvalue weighted by Gasteiger charge is 2.42. The van der Waals surface area contributed by atoms with Gasteiger partial charge in [-0.25, -0.2) is 9.18 Å². The van der Waals surface area contributed by atoms with Gasteiger partial charge in [-0.05, 0) is 18.1 Å². The van der Waals surface area contributed by atoms with E-state index in [1.54, 1.807) is 13.0 Å². The molecule has 0 heterocycles. The average molecular weight is 240 g/mol. The largest absolute Gasteiger partial charge is 0.479 e. The van der Waals surface area contributed by atoms with Gasteiger partial charge in [0.15, 0.2) is 5.60 Å². The Bertz CT molecular complexity index is 405. The summed E-state index contributed by atoms with van der Waals surface area (Å²) in [6.07, 6.45) is 0.611. The highest BCUT2D eigenvalue weighted by Crippen LogP contribution is 2.33. The fraction of sp³-hybridized carbons (Fsp3) is 0.462. The molecule has 0 saturated carbocycles. The third-order valence-electron chi connectivity index (χ3n) is 3.09. The second kappa shape index (κ2) is 5.27. The lowest BCUT2D eigenvalue weighted by molar-refractivity contribution is -0.161. The van der Waals surface area contributed by atoms with Crippen molar-refractivity contribution in [2.75, 3.05) is 0 Å². The highest BCUT2D eigenvalue weighted by molar-refractivity contribution is 5.78. The molecule has 0 saturated heterocycles. The van der Waals surface area contributed by atoms with E-state index in [1.165, 1.54) is 25.1 Å². The van der Waals surface area contributed by atoms with Crippen molar-refractivity contribution in [2.24, 2.45) is 0 Å². The predicted molar refractivity (Wildman–Crippen MR) is 62.3 cm³/mol. The minimum atomic E-state index is -1.92. The van der Waals surface area contributed by atoms with Crippen LogP contribution in [0.5, 0.6) is 0 Å². The van der Waals surface area contributed by atoms with Crippen molar-refractivity contribution in [1.29, 1.82) is 0 Å². The van der Waals surface area contributed by atoms with Gasteiger partial charge >= 0.3 is 5.97 Å². The van der Waals surface area contributed by atoms with Crippen LogP contribution in [0.25, 0.3) is 0 Å². The molecule has 1 aromatic carbocycles. The lowest BCUT2D eigenvalue weighted by atomic mass is 9.80. The molecule has 2 unspecified atom stereocenters. The average Bonchev–Trinajstić information content (AvgIpc) is 2.28. The van der Waals surface area contributed by atoms with Crippen LogP contribution in [0.3, 0.4) is 0 Å². The van der Waals surface area contributed by atoms with Gasteiger partial charge in [-0.1, -0.05) is 38.5 Å². The van der Waals surface area contributed by atoms with Crippen LogP contribution in [0.4, 0.5) is 4.39 Å². The molecule has 94 valence electrons. The lowest BCUT2D eigenvalue weighted by Crippen LogP contribution is -2.43. The zero-order valence-corrected chi connectivity index (χ0v) is 9.98. The summed E-state index contributed by atoms with van der Waals surface area (Å²) in [5.41, 5.74) is -1.69. The van der Waals surface area contributed by atoms with Gasteiger partial charge in [-0.2, -0.15) is 0 Å². The third kappa shape index (κ3) is 2.64. The molecule has 1 aromatic rings. The summed E-state index contributed by atoms with van der Waals surface area (Å²) in [4.78, 5) is 11.2. The number of aliphatic hydroxyl groups is 1. The molecule has 3 nitrogen and oxygen atoms in total. The van der Waals surface area contributed by atoms with E-state index in [2.05, 4.69) is 0 Å². The van der Waals surface area contributed by atoms with E-state index in [4.69, 9.17) is 5.11 Å². The van der Waals surface area contributed by atoms with Crippen LogP contribution in [-0.2, 0) is 4.79 Å². The van der Waals surface area contributed by atoms with Crippen LogP contribution < -0.4 is 0 Å². The second-order valence-electron chi connectivity index (χ2n) is 4.22. The van der Waals surface area contributed by atoms with Crippen LogP contribution in [0, 0.1) is 5.82 Å². The number of benzene rings is 1. The Morgan fingerprint density at radius 2 is 2.06 bits per heavy atom. The molecular formula is C13H17FO3. The summed E-state index contributed by atoms with van der Waals surface area (Å²) < 4.78 is 13.6. The Morgan fingerprint density at radius 1 is 1.47 bits per heavy atom. The van der Waals surface area contributed by atoms with Crippen molar-refractivity contribution in [3.63, 3.8) is 0 Å². The predicted octanol–water partition coefficient (Wildman–Crippen LogP) is 2.55. The van der Waals surface area contributed by atoms with Crippen molar-refractivity contribution in [2.45, 2.75) is 38.2 Å². The first-order valence-corrected chi connectivity index (χ1v) is 5.63. The zero-order chi connectivity index (χ0) is 13.1. The van der Waals surface area contributed by atoms with Gasteiger partial charge in [0.2, 0.25) is 0 Å². The van der Waals surface area contributed by atoms with E-state index in [-0.39, 0.29) is 12.0 Å². The molecule has 0 aliphatic rings. The van der Waals surface area contributed by atoms with Crippen LogP contribution in [0.2, 0.25) is 0 Å². The van der Waals surface area contributed by atoms with Gasteiger partial charge in [-0.15, -0.1) is 0 Å². The van der Waals surface area contributed by atoms with Crippen LogP contribution in [0.1, 0.15) is 38.2 Å². The van der Waals surface area contributed by atoms with Gasteiger partial charge in [0, 0.05) is 5.92 Å². The molecular weight excluding hydrogens is 223 g/mol. The monoisotopic (exact) mass is 240 g/mol. The van der Waals surface area contributed by atoms with Gasteiger partial charge in [-0.3, -0.25) is 0 Å². The highest BCUT2D eigenvalue weighted by atomic mass is 19.1. The normalized spacial score (nSPS) is 16.2. The summed E-state index contributed by atoms with van der Waals surface area (Å²) in [7, 11) is 0. The van der Waals surface area contributed by atoms with E-state index in [1.807, 2.05) is 0 Å². The summed E-state index contributed by atoms with van der Waals surface area (Å²) in [6, 6.07) is 5.93. The quantitative estimate of drug-likeness (QED) is 0.831. The summed E-state index contributed by atoms with van der Waals surface area (Å²) in [5, 5.41) is 19.3. The standard InChI is InChI=1S/C13H17FO3/c1-3-8-13(17,12(15)16)9(2)10-6-4-5-7-11(10)14/h4-7,9,17H,3,8H2,1-2H3,(H,15,16). The maximum Gasteiger partial charge on any atom is 0.336 e. The lowest BCUT2D eigenvalue weighted by Gasteiger charge is -2.30. The molecule has 4 heteroatoms. The number of rotatable bonds is 5. The Morgan fingerprint density at radius 3 is 2.53 bits per heavy atom. The third-order valence-corrected chi connectivity index (χ3v) is 3.09. The second-order valence-corrected chi connectivity index (χ2v) is 4.22. The van der Waals surface area contributed by atoms with E-state index < -0.39 is 23.3 Å². The fourth-order valence-electron chi connectivity index (χ4n) is 1.97. The molecule has 0 aromatic heterocycles. The molecule has 0 aliphatic heterocycles. The van der Waals surface area contributed by atoms with Crippen molar-refractivity contribution in [3.8, 4) is 0 Å². The number of aliphatic carboxylic acids is 1. The van der Waals surface area contributed by atoms with E-state index in [9.17, 15) is 14.3 Å². The number of halogens is 1. The molecule has 0 bridgehead atoms. The molecule has 0 aliphatic carbocycles. The fourth-order valence-corrected chi connectivity index (χ4v) is 1.97. The molecule has 1 rings (SSSR count). The number of carboxylic acids is 1. The number of hydrogen-bond acceptors (Lipinski definition) is 2. The maximum atomic E-state index is 13.6. The smallest absolute Gasteiger partial charge is 0.336 e. The van der Waals surface area contributed by atoms with Gasteiger partial charge in [0.1, 0.15) is 5.82 Å². The van der Waals surface area contributed by atoms with Crippen molar-refractivity contribution < 1.29 is 19.4 Å². The first-order valence-electron chi connectivity index (χ1n) is 5.63. The Balaban J connectivity index is 3.13. The first-order chi connectivity index (χ1) is 7.93. The number of carbonyl (C=O) groups is 1. The molecule has 2 atom stereocenters. The van der Waals surface area contributed by atoms with Gasteiger partial charge < -0.3 is 10.2 Å². The van der Waals surface area contributed by atoms with Gasteiger partial charge in [0.05, 0.1) is 0 Å². The van der Waals surface area contributed by atoms with Crippen LogP contribution >= 0.6 is 0 Å². The Kier molecular flexibility index (Phi) is 4.23. The zero-order valence-electron chi connectivity index (χ0n) is 9.98. The SMILES string of the molecule is CCCC(O)(C(=O)O)C(C)c1ccccc1F. The number of carboxylic acid groups (broad SMARTS) is 1. The van der Waals surface area contributed by atoms with E-state index in [0.717, 1.165) is 0 Å². The minimum absolute atomic E-state index is 0.0951. The van der Waals surface area contributed by atoms with Crippen molar-refractivity contribution in [3.05, 3.63) is 35.6 Å². The summed E-state index contributed by atoms with van der Waals surface area (Å²) in [5.74, 6) is -2.59. The summed E-state index contributed by atoms with van der Waals surface area (Å²) in [6.45, 7) is 3.31. The molecule has 2 N–H and O–H groups in total. The van der Waals surface area contributed by atoms with Crippen molar-refractivity contribution in [1.82, 2.24) is 0 Å². The Hall–Kier alpha value is -1.42. The van der Waals surface area contributed by atoms with E-state index in [0.29, 0.717) is 6.42 Å². The van der Waals surface area contributed by atoms with Crippen LogP contribution in [-0.4, -0.2) is 21.8 Å². The topological polar surface area (TPSA) is 57.5 Å². The van der Waals surface area contributed by atoms with Crippen molar-refractivity contribution >= 4 is 5.97 Å². The molecule has 17 heavy (non-hydrogen) atoms. The minimum Gasteiger partial charge on any atom is -0.479 e. The summed E-state index contributed by atoms with van der Waals surface area (Å²) >= 11 is 0.